The first-order chi connectivity index (χ1) is 6.02. The number of hydrogen-bond donors (Lipinski definition) is 1. The quantitative estimate of drug-likeness (QED) is 0.681. The van der Waals surface area contributed by atoms with Crippen molar-refractivity contribution in [1.29, 1.82) is 0 Å². The molecule has 1 fully saturated rings. The van der Waals surface area contributed by atoms with Crippen LogP contribution in [0.3, 0.4) is 0 Å². The molecule has 0 spiro atoms. The van der Waals surface area contributed by atoms with E-state index in [1.54, 1.807) is 0 Å². The Morgan fingerprint density at radius 3 is 2.08 bits per heavy atom. The van der Waals surface area contributed by atoms with Crippen LogP contribution in [-0.2, 0) is 0 Å². The minimum absolute atomic E-state index is 0.413. The first kappa shape index (κ1) is 11.3. The van der Waals surface area contributed by atoms with Crippen LogP contribution >= 0.6 is 12.6 Å². The van der Waals surface area contributed by atoms with Gasteiger partial charge in [-0.3, -0.25) is 9.80 Å². The summed E-state index contributed by atoms with van der Waals surface area (Å²) < 4.78 is 0. The molecule has 0 aromatic heterocycles. The van der Waals surface area contributed by atoms with Crippen molar-refractivity contribution in [3.05, 3.63) is 0 Å². The lowest BCUT2D eigenvalue weighted by molar-refractivity contribution is 0.0746. The van der Waals surface area contributed by atoms with Crippen LogP contribution < -0.4 is 0 Å². The van der Waals surface area contributed by atoms with Gasteiger partial charge in [0.2, 0.25) is 0 Å². The van der Waals surface area contributed by atoms with Crippen molar-refractivity contribution >= 4 is 12.6 Å². The highest BCUT2D eigenvalue weighted by molar-refractivity contribution is 7.80. The molecule has 0 unspecified atom stereocenters. The summed E-state index contributed by atoms with van der Waals surface area (Å²) >= 11 is 4.63. The van der Waals surface area contributed by atoms with Gasteiger partial charge in [-0.1, -0.05) is 0 Å². The lowest BCUT2D eigenvalue weighted by Crippen LogP contribution is -2.54. The summed E-state index contributed by atoms with van der Waals surface area (Å²) in [6.45, 7) is 12.4. The number of piperazine rings is 1. The predicted octanol–water partition coefficient (Wildman–Crippen LogP) is 1.68. The average Bonchev–Trinajstić information content (AvgIpc) is 2.03. The van der Waals surface area contributed by atoms with Crippen molar-refractivity contribution in [2.45, 2.75) is 45.2 Å². The lowest BCUT2D eigenvalue weighted by Gasteiger charge is -2.43. The van der Waals surface area contributed by atoms with Crippen molar-refractivity contribution in [2.24, 2.45) is 0 Å². The fourth-order valence-electron chi connectivity index (χ4n) is 1.87. The Balaban J connectivity index is 2.46. The molecule has 2 nitrogen and oxygen atoms in total. The molecule has 1 aliphatic rings. The highest BCUT2D eigenvalue weighted by atomic mass is 32.1. The fraction of sp³-hybridized carbons (Fsp3) is 1.00. The van der Waals surface area contributed by atoms with Gasteiger partial charge in [0.1, 0.15) is 0 Å². The van der Waals surface area contributed by atoms with E-state index in [-0.39, 0.29) is 0 Å². The zero-order valence-corrected chi connectivity index (χ0v) is 10.1. The first-order valence-electron chi connectivity index (χ1n) is 5.20. The molecule has 0 bridgehead atoms. The van der Waals surface area contributed by atoms with Crippen molar-refractivity contribution < 1.29 is 0 Å². The van der Waals surface area contributed by atoms with E-state index >= 15 is 0 Å². The maximum Gasteiger partial charge on any atom is 0.0659 e. The number of rotatable bonds is 2. The second kappa shape index (κ2) is 4.67. The molecule has 1 heterocycles. The zero-order valence-electron chi connectivity index (χ0n) is 9.20. The standard InChI is InChI=1S/C10H22N2S/c1-8(2)11-5-6-12(9(3)4)10(13)7-11/h8-10,13H,5-7H2,1-4H3/t10-/m1/s1. The van der Waals surface area contributed by atoms with Crippen molar-refractivity contribution in [2.75, 3.05) is 19.6 Å². The molecule has 3 heteroatoms. The van der Waals surface area contributed by atoms with Gasteiger partial charge < -0.3 is 0 Å². The molecular weight excluding hydrogens is 180 g/mol. The van der Waals surface area contributed by atoms with Crippen LogP contribution in [0.15, 0.2) is 0 Å². The summed E-state index contributed by atoms with van der Waals surface area (Å²) in [6.07, 6.45) is 0. The third-order valence-corrected chi connectivity index (χ3v) is 3.28. The highest BCUT2D eigenvalue weighted by Crippen LogP contribution is 2.17. The van der Waals surface area contributed by atoms with E-state index in [1.165, 1.54) is 6.54 Å². The molecule has 0 N–H and O–H groups in total. The van der Waals surface area contributed by atoms with E-state index in [0.717, 1.165) is 13.1 Å². The van der Waals surface area contributed by atoms with Gasteiger partial charge in [-0.2, -0.15) is 12.6 Å². The van der Waals surface area contributed by atoms with E-state index in [4.69, 9.17) is 0 Å². The fourth-order valence-corrected chi connectivity index (χ4v) is 2.46. The Bertz CT molecular complexity index is 159. The Hall–Kier alpha value is 0.270. The highest BCUT2D eigenvalue weighted by Gasteiger charge is 2.26. The number of thiol groups is 1. The average molecular weight is 202 g/mol. The Morgan fingerprint density at radius 1 is 1.08 bits per heavy atom. The maximum absolute atomic E-state index is 4.63. The van der Waals surface area contributed by atoms with E-state index < -0.39 is 0 Å². The minimum Gasteiger partial charge on any atom is -0.297 e. The van der Waals surface area contributed by atoms with Gasteiger partial charge in [-0.25, -0.2) is 0 Å². The molecule has 1 saturated heterocycles. The molecule has 1 rings (SSSR count). The summed E-state index contributed by atoms with van der Waals surface area (Å²) in [5.74, 6) is 0. The van der Waals surface area contributed by atoms with Gasteiger partial charge in [0.05, 0.1) is 5.37 Å². The van der Waals surface area contributed by atoms with Crippen LogP contribution in [0.5, 0.6) is 0 Å². The lowest BCUT2D eigenvalue weighted by atomic mass is 10.2. The monoisotopic (exact) mass is 202 g/mol. The van der Waals surface area contributed by atoms with Crippen LogP contribution in [0.25, 0.3) is 0 Å². The van der Waals surface area contributed by atoms with Crippen molar-refractivity contribution in [3.8, 4) is 0 Å². The number of nitrogens with zero attached hydrogens (tertiary/aromatic N) is 2. The van der Waals surface area contributed by atoms with Crippen LogP contribution in [0.2, 0.25) is 0 Å². The van der Waals surface area contributed by atoms with Crippen LogP contribution in [-0.4, -0.2) is 46.9 Å². The summed E-state index contributed by atoms with van der Waals surface area (Å²) in [7, 11) is 0. The van der Waals surface area contributed by atoms with Crippen LogP contribution in [0.1, 0.15) is 27.7 Å². The molecule has 1 atom stereocenters. The summed E-state index contributed by atoms with van der Waals surface area (Å²) in [5.41, 5.74) is 0. The van der Waals surface area contributed by atoms with Crippen LogP contribution in [0.4, 0.5) is 0 Å². The molecule has 0 amide bonds. The van der Waals surface area contributed by atoms with Gasteiger partial charge in [0.15, 0.2) is 0 Å². The van der Waals surface area contributed by atoms with Gasteiger partial charge >= 0.3 is 0 Å². The molecule has 0 aromatic rings. The maximum atomic E-state index is 4.63. The van der Waals surface area contributed by atoms with E-state index in [2.05, 4.69) is 50.1 Å². The molecule has 13 heavy (non-hydrogen) atoms. The molecular formula is C10H22N2S. The normalized spacial score (nSPS) is 27.5. The second-order valence-electron chi connectivity index (χ2n) is 4.40. The van der Waals surface area contributed by atoms with Gasteiger partial charge in [-0.05, 0) is 27.7 Å². The van der Waals surface area contributed by atoms with Gasteiger partial charge in [0.25, 0.3) is 0 Å². The topological polar surface area (TPSA) is 6.48 Å². The third kappa shape index (κ3) is 2.86. The summed E-state index contributed by atoms with van der Waals surface area (Å²) in [6, 6.07) is 1.28. The molecule has 1 aliphatic heterocycles. The SMILES string of the molecule is CC(C)N1CCN(C(C)C)[C@H](S)C1. The Kier molecular flexibility index (Phi) is 4.07. The van der Waals surface area contributed by atoms with E-state index in [0.29, 0.717) is 17.5 Å². The van der Waals surface area contributed by atoms with Crippen molar-refractivity contribution in [3.63, 3.8) is 0 Å². The predicted molar refractivity (Wildman–Crippen MR) is 61.3 cm³/mol. The molecule has 0 radical (unpaired) electrons. The van der Waals surface area contributed by atoms with Crippen LogP contribution in [0, 0.1) is 0 Å². The minimum atomic E-state index is 0.413. The third-order valence-electron chi connectivity index (χ3n) is 2.82. The Morgan fingerprint density at radius 2 is 1.69 bits per heavy atom. The van der Waals surface area contributed by atoms with Gasteiger partial charge in [0, 0.05) is 31.7 Å². The first-order valence-corrected chi connectivity index (χ1v) is 5.72. The van der Waals surface area contributed by atoms with E-state index in [1.807, 2.05) is 0 Å². The second-order valence-corrected chi connectivity index (χ2v) is 5.00. The molecule has 0 aliphatic carbocycles. The summed E-state index contributed by atoms with van der Waals surface area (Å²) in [5, 5.41) is 0.413. The van der Waals surface area contributed by atoms with E-state index in [9.17, 15) is 0 Å². The smallest absolute Gasteiger partial charge is 0.0659 e. The summed E-state index contributed by atoms with van der Waals surface area (Å²) in [4.78, 5) is 4.96. The molecule has 78 valence electrons. The van der Waals surface area contributed by atoms with Crippen molar-refractivity contribution in [1.82, 2.24) is 9.80 Å². The molecule has 0 saturated carbocycles. The zero-order chi connectivity index (χ0) is 10.0. The van der Waals surface area contributed by atoms with Gasteiger partial charge in [-0.15, -0.1) is 0 Å². The molecule has 0 aromatic carbocycles. The Labute approximate surface area is 87.7 Å². The number of hydrogen-bond acceptors (Lipinski definition) is 3. The largest absolute Gasteiger partial charge is 0.297 e.